The van der Waals surface area contributed by atoms with E-state index in [2.05, 4.69) is 183 Å². The molecule has 0 saturated heterocycles. The van der Waals surface area contributed by atoms with Crippen LogP contribution in [0.2, 0.25) is 0 Å². The van der Waals surface area contributed by atoms with E-state index in [1.807, 2.05) is 0 Å². The zero-order valence-corrected chi connectivity index (χ0v) is 34.7. The Balaban J connectivity index is 1.04. The summed E-state index contributed by atoms with van der Waals surface area (Å²) >= 11 is 0. The van der Waals surface area contributed by atoms with Gasteiger partial charge in [-0.1, -0.05) is 173 Å². The third kappa shape index (κ3) is 6.46. The standard InChI is InChI=1S/C58H55N/c1-58(2)54-16-10-9-15-51(54)52-35-36-55(56(57(52)58)47-25-21-42(22-26-47)40-11-5-3-6-12-40)59(49-31-27-44(28-32-49)41-13-7-4-8-14-41)50-33-29-45(30-34-50)43-19-23-46(24-20-43)53-38-39-17-18-48(53)37-39/h3,5-6,9-12,15-16,19-36,39,41,48,53H,4,7-8,13-14,17-18,37-38H2,1-2H3. The van der Waals surface area contributed by atoms with Crippen molar-refractivity contribution in [1.82, 2.24) is 0 Å². The molecular weight excluding hydrogens is 711 g/mol. The second-order valence-electron chi connectivity index (χ2n) is 18.7. The molecule has 4 aliphatic rings. The van der Waals surface area contributed by atoms with Crippen LogP contribution >= 0.6 is 0 Å². The summed E-state index contributed by atoms with van der Waals surface area (Å²) in [6, 6.07) is 62.5. The van der Waals surface area contributed by atoms with Crippen molar-refractivity contribution < 1.29 is 0 Å². The summed E-state index contributed by atoms with van der Waals surface area (Å²) in [6.07, 6.45) is 12.4. The van der Waals surface area contributed by atoms with Crippen LogP contribution in [0.5, 0.6) is 0 Å². The van der Waals surface area contributed by atoms with Gasteiger partial charge in [0.15, 0.2) is 0 Å². The highest BCUT2D eigenvalue weighted by Crippen LogP contribution is 2.56. The van der Waals surface area contributed by atoms with Gasteiger partial charge in [-0.3, -0.25) is 0 Å². The SMILES string of the molecule is CC1(C)c2ccccc2-c2ccc(N(c3ccc(-c4ccc(C5CC6CCC5C6)cc4)cc3)c3ccc(C4CCCCC4)cc3)c(-c3ccc(-c4ccccc4)cc3)c21. The summed E-state index contributed by atoms with van der Waals surface area (Å²) < 4.78 is 0. The quantitative estimate of drug-likeness (QED) is 0.149. The first-order valence-corrected chi connectivity index (χ1v) is 22.5. The van der Waals surface area contributed by atoms with Crippen molar-refractivity contribution in [2.75, 3.05) is 4.90 Å². The van der Waals surface area contributed by atoms with E-state index < -0.39 is 0 Å². The van der Waals surface area contributed by atoms with E-state index in [9.17, 15) is 0 Å². The molecule has 59 heavy (non-hydrogen) atoms. The lowest BCUT2D eigenvalue weighted by molar-refractivity contribution is 0.420. The lowest BCUT2D eigenvalue weighted by Crippen LogP contribution is -2.19. The number of nitrogens with zero attached hydrogens (tertiary/aromatic N) is 1. The summed E-state index contributed by atoms with van der Waals surface area (Å²) in [7, 11) is 0. The molecule has 3 unspecified atom stereocenters. The molecule has 1 heteroatoms. The predicted molar refractivity (Wildman–Crippen MR) is 249 cm³/mol. The first-order valence-electron chi connectivity index (χ1n) is 22.5. The van der Waals surface area contributed by atoms with Crippen molar-refractivity contribution in [2.24, 2.45) is 11.8 Å². The van der Waals surface area contributed by atoms with Crippen LogP contribution in [0.25, 0.3) is 44.5 Å². The van der Waals surface area contributed by atoms with Crippen molar-refractivity contribution in [3.05, 3.63) is 186 Å². The molecule has 7 aromatic carbocycles. The minimum absolute atomic E-state index is 0.181. The molecule has 3 atom stereocenters. The Bertz CT molecular complexity index is 2590. The maximum absolute atomic E-state index is 2.53. The molecule has 0 N–H and O–H groups in total. The van der Waals surface area contributed by atoms with Crippen LogP contribution in [0.3, 0.4) is 0 Å². The highest BCUT2D eigenvalue weighted by molar-refractivity contribution is 5.98. The Labute approximate surface area is 351 Å². The zero-order chi connectivity index (χ0) is 39.5. The molecule has 0 heterocycles. The fraction of sp³-hybridized carbons (Fsp3) is 0.276. The monoisotopic (exact) mass is 765 g/mol. The Hall–Kier alpha value is -5.66. The van der Waals surface area contributed by atoms with Gasteiger partial charge in [0.1, 0.15) is 0 Å². The van der Waals surface area contributed by atoms with Crippen LogP contribution in [-0.2, 0) is 5.41 Å². The van der Waals surface area contributed by atoms with E-state index in [1.54, 1.807) is 5.56 Å². The number of anilines is 3. The van der Waals surface area contributed by atoms with Crippen LogP contribution in [0.15, 0.2) is 164 Å². The molecule has 7 aromatic rings. The second kappa shape index (κ2) is 14.9. The minimum atomic E-state index is -0.181. The van der Waals surface area contributed by atoms with Crippen molar-refractivity contribution in [2.45, 2.75) is 88.9 Å². The van der Waals surface area contributed by atoms with Crippen LogP contribution in [0.1, 0.15) is 106 Å². The minimum Gasteiger partial charge on any atom is -0.310 e. The fourth-order valence-electron chi connectivity index (χ4n) is 11.9. The van der Waals surface area contributed by atoms with Gasteiger partial charge in [0.2, 0.25) is 0 Å². The lowest BCUT2D eigenvalue weighted by Gasteiger charge is -2.32. The second-order valence-corrected chi connectivity index (χ2v) is 18.7. The van der Waals surface area contributed by atoms with Crippen molar-refractivity contribution >= 4 is 17.1 Å². The molecule has 0 amide bonds. The molecular formula is C58H55N. The van der Waals surface area contributed by atoms with Gasteiger partial charge < -0.3 is 4.90 Å². The smallest absolute Gasteiger partial charge is 0.0543 e. The molecule has 0 aliphatic heterocycles. The van der Waals surface area contributed by atoms with Crippen molar-refractivity contribution in [1.29, 1.82) is 0 Å². The molecule has 1 nitrogen and oxygen atoms in total. The molecule has 292 valence electrons. The van der Waals surface area contributed by atoms with Gasteiger partial charge in [0, 0.05) is 22.4 Å². The number of hydrogen-bond donors (Lipinski definition) is 0. The Morgan fingerprint density at radius 3 is 1.69 bits per heavy atom. The van der Waals surface area contributed by atoms with Crippen molar-refractivity contribution in [3.63, 3.8) is 0 Å². The average molecular weight is 766 g/mol. The topological polar surface area (TPSA) is 3.24 Å². The van der Waals surface area contributed by atoms with E-state index in [0.717, 1.165) is 17.8 Å². The van der Waals surface area contributed by atoms with Gasteiger partial charge in [-0.15, -0.1) is 0 Å². The van der Waals surface area contributed by atoms with E-state index in [-0.39, 0.29) is 5.41 Å². The van der Waals surface area contributed by atoms with Gasteiger partial charge in [-0.2, -0.15) is 0 Å². The Kier molecular flexibility index (Phi) is 9.18. The molecule has 2 bridgehead atoms. The third-order valence-corrected chi connectivity index (χ3v) is 15.0. The van der Waals surface area contributed by atoms with Crippen molar-refractivity contribution in [3.8, 4) is 44.5 Å². The van der Waals surface area contributed by atoms with Crippen LogP contribution in [0, 0.1) is 11.8 Å². The predicted octanol–water partition coefficient (Wildman–Crippen LogP) is 16.4. The van der Waals surface area contributed by atoms with E-state index in [0.29, 0.717) is 5.92 Å². The molecule has 0 spiro atoms. The van der Waals surface area contributed by atoms with Gasteiger partial charge >= 0.3 is 0 Å². The maximum atomic E-state index is 2.53. The summed E-state index contributed by atoms with van der Waals surface area (Å²) in [6.45, 7) is 4.84. The first kappa shape index (κ1) is 36.4. The normalized spacial score (nSPS) is 20.3. The van der Waals surface area contributed by atoms with Gasteiger partial charge in [0.05, 0.1) is 5.69 Å². The molecule has 11 rings (SSSR count). The van der Waals surface area contributed by atoms with E-state index in [1.165, 1.54) is 136 Å². The van der Waals surface area contributed by atoms with Crippen LogP contribution in [0.4, 0.5) is 17.1 Å². The molecule has 3 fully saturated rings. The fourth-order valence-corrected chi connectivity index (χ4v) is 11.9. The number of fused-ring (bicyclic) bond motifs is 5. The van der Waals surface area contributed by atoms with Gasteiger partial charge in [0.25, 0.3) is 0 Å². The van der Waals surface area contributed by atoms with E-state index in [4.69, 9.17) is 0 Å². The average Bonchev–Trinajstić information content (AvgIpc) is 4.01. The van der Waals surface area contributed by atoms with Gasteiger partial charge in [-0.05, 0) is 147 Å². The highest BCUT2D eigenvalue weighted by atomic mass is 15.1. The molecule has 0 radical (unpaired) electrons. The summed E-state index contributed by atoms with van der Waals surface area (Å²) in [5, 5.41) is 0. The first-order chi connectivity index (χ1) is 29.0. The summed E-state index contributed by atoms with van der Waals surface area (Å²) in [4.78, 5) is 2.53. The Morgan fingerprint density at radius 1 is 0.458 bits per heavy atom. The Morgan fingerprint density at radius 2 is 1.03 bits per heavy atom. The molecule has 3 saturated carbocycles. The lowest BCUT2D eigenvalue weighted by atomic mass is 9.78. The largest absolute Gasteiger partial charge is 0.310 e. The molecule has 0 aromatic heterocycles. The summed E-state index contributed by atoms with van der Waals surface area (Å²) in [5.41, 5.74) is 19.5. The van der Waals surface area contributed by atoms with Crippen LogP contribution in [-0.4, -0.2) is 0 Å². The maximum Gasteiger partial charge on any atom is 0.0543 e. The number of benzene rings is 7. The third-order valence-electron chi connectivity index (χ3n) is 15.0. The number of rotatable bonds is 8. The summed E-state index contributed by atoms with van der Waals surface area (Å²) in [5.74, 6) is 3.29. The highest BCUT2D eigenvalue weighted by Gasteiger charge is 2.41. The van der Waals surface area contributed by atoms with Gasteiger partial charge in [-0.25, -0.2) is 0 Å². The zero-order valence-electron chi connectivity index (χ0n) is 34.7. The van der Waals surface area contributed by atoms with E-state index >= 15 is 0 Å². The number of hydrogen-bond acceptors (Lipinski definition) is 1. The molecule has 4 aliphatic carbocycles. The van der Waals surface area contributed by atoms with Crippen LogP contribution < -0.4 is 4.90 Å².